The number of furan rings is 1. The number of hydrogen-bond donors (Lipinski definition) is 0. The smallest absolute Gasteiger partial charge is 0.266 e. The number of sulfonamides is 1. The van der Waals surface area contributed by atoms with Gasteiger partial charge >= 0.3 is 0 Å². The summed E-state index contributed by atoms with van der Waals surface area (Å²) in [7, 11) is -3.46. The number of thiocarbonyl (C=S) groups is 1. The zero-order valence-corrected chi connectivity index (χ0v) is 17.8. The van der Waals surface area contributed by atoms with E-state index in [0.717, 1.165) is 6.26 Å². The zero-order chi connectivity index (χ0) is 20.2. The molecule has 10 heteroatoms. The van der Waals surface area contributed by atoms with Crippen LogP contribution in [0, 0.1) is 17.2 Å². The molecule has 0 N–H and O–H groups in total. The molecule has 2 heterocycles. The highest BCUT2D eigenvalue weighted by Gasteiger charge is 2.32. The van der Waals surface area contributed by atoms with Crippen LogP contribution in [-0.2, 0) is 21.4 Å². The third-order valence-electron chi connectivity index (χ3n) is 3.65. The highest BCUT2D eigenvalue weighted by Crippen LogP contribution is 2.33. The fourth-order valence-electron chi connectivity index (χ4n) is 2.42. The van der Waals surface area contributed by atoms with Crippen molar-refractivity contribution < 1.29 is 17.6 Å². The van der Waals surface area contributed by atoms with Crippen LogP contribution in [0.2, 0.25) is 0 Å². The van der Waals surface area contributed by atoms with Crippen LogP contribution in [0.4, 0.5) is 0 Å². The van der Waals surface area contributed by atoms with Crippen molar-refractivity contribution >= 4 is 50.3 Å². The van der Waals surface area contributed by atoms with Gasteiger partial charge in [-0.15, -0.1) is 0 Å². The van der Waals surface area contributed by atoms with Gasteiger partial charge in [0, 0.05) is 25.6 Å². The lowest BCUT2D eigenvalue weighted by Crippen LogP contribution is -2.31. The standard InChI is InChI=1S/C17H21N3O4S3/c1-12(2)10-20-16(21)15(26-17(20)25)9-13-5-6-14(24-13)11-19(8-4-7-18)27(3,22)23/h5-6,9,12H,4,8,10-11H2,1-3H3/b15-9-. The molecular formula is C17H21N3O4S3. The third kappa shape index (κ3) is 5.90. The molecule has 0 saturated carbocycles. The van der Waals surface area contributed by atoms with Crippen molar-refractivity contribution in [1.82, 2.24) is 9.21 Å². The Morgan fingerprint density at radius 2 is 2.15 bits per heavy atom. The van der Waals surface area contributed by atoms with Gasteiger partial charge < -0.3 is 4.42 Å². The fourth-order valence-corrected chi connectivity index (χ4v) is 4.46. The monoisotopic (exact) mass is 427 g/mol. The first-order valence-corrected chi connectivity index (χ1v) is 11.3. The summed E-state index contributed by atoms with van der Waals surface area (Å²) in [5.74, 6) is 1.03. The number of nitriles is 1. The Morgan fingerprint density at radius 3 is 2.74 bits per heavy atom. The lowest BCUT2D eigenvalue weighted by atomic mass is 10.2. The lowest BCUT2D eigenvalue weighted by Gasteiger charge is -2.16. The van der Waals surface area contributed by atoms with E-state index in [-0.39, 0.29) is 25.4 Å². The van der Waals surface area contributed by atoms with Crippen molar-refractivity contribution in [1.29, 1.82) is 5.26 Å². The molecular weight excluding hydrogens is 406 g/mol. The fraction of sp³-hybridized carbons (Fsp3) is 0.471. The number of carbonyl (C=O) groups is 1. The number of thioether (sulfide) groups is 1. The number of nitrogens with zero attached hydrogens (tertiary/aromatic N) is 3. The van der Waals surface area contributed by atoms with Gasteiger partial charge in [0.1, 0.15) is 15.8 Å². The number of hydrogen-bond acceptors (Lipinski definition) is 7. The van der Waals surface area contributed by atoms with Crippen LogP contribution in [0.1, 0.15) is 31.8 Å². The van der Waals surface area contributed by atoms with Gasteiger partial charge in [-0.05, 0) is 18.1 Å². The van der Waals surface area contributed by atoms with E-state index >= 15 is 0 Å². The first kappa shape index (κ1) is 21.6. The van der Waals surface area contributed by atoms with Gasteiger partial charge in [-0.3, -0.25) is 9.69 Å². The molecule has 0 unspecified atom stereocenters. The van der Waals surface area contributed by atoms with Crippen molar-refractivity contribution in [3.05, 3.63) is 28.6 Å². The normalized spacial score (nSPS) is 16.7. The maximum Gasteiger partial charge on any atom is 0.266 e. The molecule has 1 fully saturated rings. The minimum atomic E-state index is -3.46. The molecule has 1 aliphatic rings. The van der Waals surface area contributed by atoms with Crippen LogP contribution in [0.5, 0.6) is 0 Å². The van der Waals surface area contributed by atoms with Gasteiger partial charge in [0.2, 0.25) is 10.0 Å². The van der Waals surface area contributed by atoms with E-state index in [4.69, 9.17) is 21.9 Å². The molecule has 1 aromatic rings. The molecule has 1 amide bonds. The van der Waals surface area contributed by atoms with Crippen molar-refractivity contribution in [2.24, 2.45) is 5.92 Å². The van der Waals surface area contributed by atoms with Crippen molar-refractivity contribution in [3.8, 4) is 6.07 Å². The maximum atomic E-state index is 12.5. The van der Waals surface area contributed by atoms with Gasteiger partial charge in [-0.25, -0.2) is 8.42 Å². The highest BCUT2D eigenvalue weighted by atomic mass is 32.2. The van der Waals surface area contributed by atoms with Crippen LogP contribution in [-0.4, -0.2) is 47.2 Å². The Hall–Kier alpha value is -1.67. The molecule has 0 spiro atoms. The molecule has 0 bridgehead atoms. The van der Waals surface area contributed by atoms with Crippen LogP contribution in [0.3, 0.4) is 0 Å². The topological polar surface area (TPSA) is 94.6 Å². The molecule has 27 heavy (non-hydrogen) atoms. The molecule has 1 aromatic heterocycles. The summed E-state index contributed by atoms with van der Waals surface area (Å²) in [5, 5.41) is 8.68. The Morgan fingerprint density at radius 1 is 1.44 bits per heavy atom. The second kappa shape index (κ2) is 9.01. The molecule has 2 rings (SSSR count). The van der Waals surface area contributed by atoms with Gasteiger partial charge in [-0.1, -0.05) is 37.8 Å². The lowest BCUT2D eigenvalue weighted by molar-refractivity contribution is -0.122. The summed E-state index contributed by atoms with van der Waals surface area (Å²) in [4.78, 5) is 14.5. The summed E-state index contributed by atoms with van der Waals surface area (Å²) < 4.78 is 31.0. The van der Waals surface area contributed by atoms with Crippen molar-refractivity contribution in [3.63, 3.8) is 0 Å². The second-order valence-corrected chi connectivity index (χ2v) is 10.2. The van der Waals surface area contributed by atoms with E-state index < -0.39 is 10.0 Å². The Balaban J connectivity index is 2.13. The summed E-state index contributed by atoms with van der Waals surface area (Å²) in [6.45, 7) is 4.72. The summed E-state index contributed by atoms with van der Waals surface area (Å²) >= 11 is 6.49. The molecule has 1 aliphatic heterocycles. The van der Waals surface area contributed by atoms with E-state index in [1.54, 1.807) is 23.1 Å². The van der Waals surface area contributed by atoms with Gasteiger partial charge in [0.05, 0.1) is 23.8 Å². The third-order valence-corrected chi connectivity index (χ3v) is 6.28. The average molecular weight is 428 g/mol. The van der Waals surface area contributed by atoms with Gasteiger partial charge in [0.15, 0.2) is 0 Å². The Labute approximate surface area is 169 Å². The SMILES string of the molecule is CC(C)CN1C(=O)/C(=C/c2ccc(CN(CCC#N)S(C)(=O)=O)o2)SC1=S. The quantitative estimate of drug-likeness (QED) is 0.465. The van der Waals surface area contributed by atoms with Crippen LogP contribution in [0.15, 0.2) is 21.5 Å². The largest absolute Gasteiger partial charge is 0.460 e. The first-order chi connectivity index (χ1) is 12.6. The maximum absolute atomic E-state index is 12.5. The molecule has 0 atom stereocenters. The van der Waals surface area contributed by atoms with E-state index in [2.05, 4.69) is 0 Å². The van der Waals surface area contributed by atoms with Gasteiger partial charge in [-0.2, -0.15) is 9.57 Å². The predicted molar refractivity (Wildman–Crippen MR) is 109 cm³/mol. The minimum Gasteiger partial charge on any atom is -0.460 e. The van der Waals surface area contributed by atoms with E-state index in [9.17, 15) is 13.2 Å². The number of rotatable bonds is 8. The molecule has 0 aromatic carbocycles. The molecule has 7 nitrogen and oxygen atoms in total. The van der Waals surface area contributed by atoms with E-state index in [1.165, 1.54) is 16.1 Å². The van der Waals surface area contributed by atoms with Crippen LogP contribution >= 0.6 is 24.0 Å². The minimum absolute atomic E-state index is 0.0304. The van der Waals surface area contributed by atoms with Crippen molar-refractivity contribution in [2.45, 2.75) is 26.8 Å². The zero-order valence-electron chi connectivity index (χ0n) is 15.3. The second-order valence-electron chi connectivity index (χ2n) is 6.49. The van der Waals surface area contributed by atoms with E-state index in [1.807, 2.05) is 19.9 Å². The number of carbonyl (C=O) groups excluding carboxylic acids is 1. The van der Waals surface area contributed by atoms with Gasteiger partial charge in [0.25, 0.3) is 5.91 Å². The summed E-state index contributed by atoms with van der Waals surface area (Å²) in [6, 6.07) is 5.27. The molecule has 1 saturated heterocycles. The van der Waals surface area contributed by atoms with Crippen LogP contribution < -0.4 is 0 Å². The van der Waals surface area contributed by atoms with Crippen molar-refractivity contribution in [2.75, 3.05) is 19.3 Å². The Kier molecular flexibility index (Phi) is 7.22. The molecule has 0 radical (unpaired) electrons. The van der Waals surface area contributed by atoms with E-state index in [0.29, 0.717) is 33.2 Å². The first-order valence-electron chi connectivity index (χ1n) is 8.28. The predicted octanol–water partition coefficient (Wildman–Crippen LogP) is 2.81. The summed E-state index contributed by atoms with van der Waals surface area (Å²) in [5.41, 5.74) is 0. The van der Waals surface area contributed by atoms with Crippen LogP contribution in [0.25, 0.3) is 6.08 Å². The molecule has 0 aliphatic carbocycles. The Bertz CT molecular complexity index is 897. The summed E-state index contributed by atoms with van der Waals surface area (Å²) in [6.07, 6.45) is 2.80. The number of amides is 1. The average Bonchev–Trinajstić information content (AvgIpc) is 3.10. The molecule has 146 valence electrons. The highest BCUT2D eigenvalue weighted by molar-refractivity contribution is 8.26.